The monoisotopic (exact) mass is 300 g/mol. The van der Waals surface area contributed by atoms with Crippen LogP contribution in [0.15, 0.2) is 36.0 Å². The van der Waals surface area contributed by atoms with Gasteiger partial charge in [0.1, 0.15) is 0 Å². The van der Waals surface area contributed by atoms with Gasteiger partial charge in [0.25, 0.3) is 0 Å². The third-order valence-electron chi connectivity index (χ3n) is 2.91. The van der Waals surface area contributed by atoms with Crippen molar-refractivity contribution < 1.29 is 13.2 Å². The average molecular weight is 300 g/mol. The minimum atomic E-state index is -4.30. The van der Waals surface area contributed by atoms with Crippen LogP contribution >= 0.6 is 11.3 Å². The molecule has 6 heteroatoms. The zero-order valence-electron chi connectivity index (χ0n) is 10.9. The summed E-state index contributed by atoms with van der Waals surface area (Å²) >= 11 is 1.49. The maximum absolute atomic E-state index is 12.6. The van der Waals surface area contributed by atoms with E-state index in [1.54, 1.807) is 11.7 Å². The number of aromatic nitrogens is 1. The van der Waals surface area contributed by atoms with Crippen LogP contribution in [0.4, 0.5) is 13.2 Å². The molecule has 0 aliphatic rings. The van der Waals surface area contributed by atoms with E-state index in [-0.39, 0.29) is 6.04 Å². The highest BCUT2D eigenvalue weighted by Gasteiger charge is 2.30. The lowest BCUT2D eigenvalue weighted by molar-refractivity contribution is -0.137. The molecule has 20 heavy (non-hydrogen) atoms. The Hall–Kier alpha value is -1.40. The van der Waals surface area contributed by atoms with Crippen molar-refractivity contribution in [3.63, 3.8) is 0 Å². The number of halogens is 3. The van der Waals surface area contributed by atoms with Crippen molar-refractivity contribution in [2.75, 3.05) is 6.54 Å². The lowest BCUT2D eigenvalue weighted by Gasteiger charge is -2.18. The predicted octanol–water partition coefficient (Wildman–Crippen LogP) is 4.25. The molecule has 2 aromatic rings. The van der Waals surface area contributed by atoms with Crippen molar-refractivity contribution in [1.29, 1.82) is 0 Å². The maximum atomic E-state index is 12.6. The largest absolute Gasteiger partial charge is 0.416 e. The van der Waals surface area contributed by atoms with E-state index in [4.69, 9.17) is 0 Å². The minimum absolute atomic E-state index is 0.107. The molecule has 0 radical (unpaired) electrons. The molecule has 1 heterocycles. The molecule has 1 atom stereocenters. The molecular weight excluding hydrogens is 285 g/mol. The van der Waals surface area contributed by atoms with Gasteiger partial charge in [-0.3, -0.25) is 4.98 Å². The molecule has 1 N–H and O–H groups in total. The van der Waals surface area contributed by atoms with E-state index in [1.807, 2.05) is 6.92 Å². The normalized spacial score (nSPS) is 13.4. The van der Waals surface area contributed by atoms with E-state index in [1.165, 1.54) is 23.5 Å². The lowest BCUT2D eigenvalue weighted by atomic mass is 10.0. The summed E-state index contributed by atoms with van der Waals surface area (Å²) in [6.45, 7) is 2.84. The molecule has 1 aromatic carbocycles. The fourth-order valence-electron chi connectivity index (χ4n) is 1.90. The van der Waals surface area contributed by atoms with Gasteiger partial charge in [-0.25, -0.2) is 0 Å². The molecule has 0 spiro atoms. The summed E-state index contributed by atoms with van der Waals surface area (Å²) in [7, 11) is 0. The first-order valence-electron chi connectivity index (χ1n) is 6.31. The van der Waals surface area contributed by atoms with E-state index in [0.717, 1.165) is 35.5 Å². The van der Waals surface area contributed by atoms with Crippen LogP contribution < -0.4 is 5.32 Å². The Morgan fingerprint density at radius 3 is 2.45 bits per heavy atom. The Bertz CT molecular complexity index is 520. The van der Waals surface area contributed by atoms with Crippen LogP contribution in [0, 0.1) is 0 Å². The summed E-state index contributed by atoms with van der Waals surface area (Å²) in [6, 6.07) is 5.18. The zero-order chi connectivity index (χ0) is 14.6. The molecule has 2 nitrogen and oxygen atoms in total. The predicted molar refractivity (Wildman–Crippen MR) is 73.7 cm³/mol. The first-order valence-corrected chi connectivity index (χ1v) is 7.19. The van der Waals surface area contributed by atoms with Crippen LogP contribution in [-0.4, -0.2) is 11.5 Å². The van der Waals surface area contributed by atoms with Gasteiger partial charge in [0.2, 0.25) is 0 Å². The Morgan fingerprint density at radius 1 is 1.25 bits per heavy atom. The van der Waals surface area contributed by atoms with Gasteiger partial charge in [-0.2, -0.15) is 13.2 Å². The van der Waals surface area contributed by atoms with E-state index in [0.29, 0.717) is 0 Å². The molecule has 0 saturated heterocycles. The number of thiazole rings is 1. The van der Waals surface area contributed by atoms with Gasteiger partial charge in [0.05, 0.1) is 17.1 Å². The Labute approximate surface area is 119 Å². The summed E-state index contributed by atoms with van der Waals surface area (Å²) in [6.07, 6.45) is -1.60. The number of nitrogens with zero attached hydrogens (tertiary/aromatic N) is 1. The number of alkyl halides is 3. The van der Waals surface area contributed by atoms with Gasteiger partial charge in [0.15, 0.2) is 0 Å². The molecule has 2 rings (SSSR count). The standard InChI is InChI=1S/C14H15F3N2S/c1-2-7-19-13(12-8-18-9-20-12)10-3-5-11(6-4-10)14(15,16)17/h3-6,8-9,13,19H,2,7H2,1H3. The Morgan fingerprint density at radius 2 is 1.95 bits per heavy atom. The molecule has 0 amide bonds. The van der Waals surface area contributed by atoms with Crippen LogP contribution in [0.25, 0.3) is 0 Å². The zero-order valence-corrected chi connectivity index (χ0v) is 11.8. The molecular formula is C14H15F3N2S. The van der Waals surface area contributed by atoms with Crippen LogP contribution in [-0.2, 0) is 6.18 Å². The van der Waals surface area contributed by atoms with Gasteiger partial charge >= 0.3 is 6.18 Å². The van der Waals surface area contributed by atoms with Crippen molar-refractivity contribution in [1.82, 2.24) is 10.3 Å². The van der Waals surface area contributed by atoms with Gasteiger partial charge in [-0.1, -0.05) is 19.1 Å². The second-order valence-electron chi connectivity index (χ2n) is 4.41. The summed E-state index contributed by atoms with van der Waals surface area (Å²) < 4.78 is 37.7. The average Bonchev–Trinajstić information content (AvgIpc) is 2.93. The molecule has 0 fully saturated rings. The van der Waals surface area contributed by atoms with E-state index >= 15 is 0 Å². The molecule has 0 saturated carbocycles. The Kier molecular flexibility index (Phi) is 4.77. The van der Waals surface area contributed by atoms with E-state index < -0.39 is 11.7 Å². The highest BCUT2D eigenvalue weighted by atomic mass is 32.1. The first-order chi connectivity index (χ1) is 9.52. The second-order valence-corrected chi connectivity index (χ2v) is 5.33. The molecule has 1 aromatic heterocycles. The summed E-state index contributed by atoms with van der Waals surface area (Å²) in [5.41, 5.74) is 1.91. The molecule has 108 valence electrons. The lowest BCUT2D eigenvalue weighted by Crippen LogP contribution is -2.22. The highest BCUT2D eigenvalue weighted by Crippen LogP contribution is 2.31. The summed E-state index contributed by atoms with van der Waals surface area (Å²) in [4.78, 5) is 5.03. The Balaban J connectivity index is 2.25. The SMILES string of the molecule is CCCNC(c1ccc(C(F)(F)F)cc1)c1cncs1. The van der Waals surface area contributed by atoms with Gasteiger partial charge in [0, 0.05) is 11.1 Å². The molecule has 1 unspecified atom stereocenters. The van der Waals surface area contributed by atoms with Gasteiger partial charge < -0.3 is 5.32 Å². The van der Waals surface area contributed by atoms with Crippen LogP contribution in [0.5, 0.6) is 0 Å². The number of hydrogen-bond donors (Lipinski definition) is 1. The van der Waals surface area contributed by atoms with E-state index in [2.05, 4.69) is 10.3 Å². The highest BCUT2D eigenvalue weighted by molar-refractivity contribution is 7.09. The number of rotatable bonds is 5. The van der Waals surface area contributed by atoms with Gasteiger partial charge in [-0.15, -0.1) is 11.3 Å². The third-order valence-corrected chi connectivity index (χ3v) is 3.75. The quantitative estimate of drug-likeness (QED) is 0.893. The first kappa shape index (κ1) is 15.0. The third kappa shape index (κ3) is 3.58. The fourth-order valence-corrected chi connectivity index (χ4v) is 2.62. The van der Waals surface area contributed by atoms with Crippen molar-refractivity contribution >= 4 is 11.3 Å². The molecule has 0 bridgehead atoms. The van der Waals surface area contributed by atoms with Crippen LogP contribution in [0.1, 0.15) is 35.4 Å². The van der Waals surface area contributed by atoms with Crippen LogP contribution in [0.3, 0.4) is 0 Å². The number of nitrogens with one attached hydrogen (secondary N) is 1. The smallest absolute Gasteiger partial charge is 0.306 e. The van der Waals surface area contributed by atoms with Crippen molar-refractivity contribution in [3.05, 3.63) is 52.0 Å². The summed E-state index contributed by atoms with van der Waals surface area (Å²) in [5.74, 6) is 0. The maximum Gasteiger partial charge on any atom is 0.416 e. The second kappa shape index (κ2) is 6.37. The van der Waals surface area contributed by atoms with Gasteiger partial charge in [-0.05, 0) is 30.7 Å². The summed E-state index contributed by atoms with van der Waals surface area (Å²) in [5, 5.41) is 3.34. The fraction of sp³-hybridized carbons (Fsp3) is 0.357. The van der Waals surface area contributed by atoms with Crippen molar-refractivity contribution in [2.45, 2.75) is 25.6 Å². The number of benzene rings is 1. The molecule has 0 aliphatic heterocycles. The van der Waals surface area contributed by atoms with Crippen molar-refractivity contribution in [2.24, 2.45) is 0 Å². The van der Waals surface area contributed by atoms with Crippen molar-refractivity contribution in [3.8, 4) is 0 Å². The minimum Gasteiger partial charge on any atom is -0.306 e. The molecule has 0 aliphatic carbocycles. The van der Waals surface area contributed by atoms with E-state index in [9.17, 15) is 13.2 Å². The topological polar surface area (TPSA) is 24.9 Å². The van der Waals surface area contributed by atoms with Crippen LogP contribution in [0.2, 0.25) is 0 Å². The number of hydrogen-bond acceptors (Lipinski definition) is 3.